The third-order valence-electron chi connectivity index (χ3n) is 2.43. The van der Waals surface area contributed by atoms with Crippen molar-refractivity contribution < 1.29 is 21.6 Å². The maximum atomic E-state index is 12.4. The van der Waals surface area contributed by atoms with E-state index in [0.717, 1.165) is 12.3 Å². The van der Waals surface area contributed by atoms with Gasteiger partial charge in [-0.25, -0.2) is 13.4 Å². The van der Waals surface area contributed by atoms with E-state index in [2.05, 4.69) is 25.6 Å². The van der Waals surface area contributed by atoms with E-state index in [-0.39, 0.29) is 10.6 Å². The van der Waals surface area contributed by atoms with Crippen molar-refractivity contribution in [1.29, 1.82) is 0 Å². The number of rotatable bonds is 3. The second-order valence-corrected chi connectivity index (χ2v) is 6.59. The predicted molar refractivity (Wildman–Crippen MR) is 74.2 cm³/mol. The first-order chi connectivity index (χ1) is 9.68. The Kier molecular flexibility index (Phi) is 4.24. The minimum absolute atomic E-state index is 0.00871. The normalized spacial score (nSPS) is 12.2. The molecule has 4 nitrogen and oxygen atoms in total. The van der Waals surface area contributed by atoms with Gasteiger partial charge in [-0.05, 0) is 36.4 Å². The number of alkyl halides is 3. The van der Waals surface area contributed by atoms with Gasteiger partial charge in [-0.3, -0.25) is 4.72 Å². The molecule has 0 fully saturated rings. The summed E-state index contributed by atoms with van der Waals surface area (Å²) in [5.74, 6) is 0. The number of hydrogen-bond donors (Lipinski definition) is 1. The van der Waals surface area contributed by atoms with Gasteiger partial charge in [0.25, 0.3) is 10.0 Å². The third kappa shape index (κ3) is 3.94. The van der Waals surface area contributed by atoms with Crippen molar-refractivity contribution in [1.82, 2.24) is 4.98 Å². The molecule has 1 heterocycles. The Balaban J connectivity index is 2.23. The van der Waals surface area contributed by atoms with Gasteiger partial charge in [0.15, 0.2) is 0 Å². The number of nitrogens with zero attached hydrogens (tertiary/aromatic N) is 1. The topological polar surface area (TPSA) is 59.1 Å². The van der Waals surface area contributed by atoms with Crippen molar-refractivity contribution in [2.75, 3.05) is 4.72 Å². The Morgan fingerprint density at radius 3 is 2.14 bits per heavy atom. The molecule has 0 amide bonds. The average molecular weight is 381 g/mol. The molecular weight excluding hydrogens is 373 g/mol. The van der Waals surface area contributed by atoms with Crippen molar-refractivity contribution in [2.24, 2.45) is 0 Å². The van der Waals surface area contributed by atoms with Crippen molar-refractivity contribution in [3.63, 3.8) is 0 Å². The summed E-state index contributed by atoms with van der Waals surface area (Å²) in [6, 6.07) is 7.53. The van der Waals surface area contributed by atoms with E-state index in [0.29, 0.717) is 10.5 Å². The van der Waals surface area contributed by atoms with Crippen LogP contribution in [-0.2, 0) is 16.2 Å². The van der Waals surface area contributed by atoms with Gasteiger partial charge in [0.05, 0.1) is 16.8 Å². The summed E-state index contributed by atoms with van der Waals surface area (Å²) in [5.41, 5.74) is -1.14. The number of pyridine rings is 1. The Hall–Kier alpha value is -1.61. The predicted octanol–water partition coefficient (Wildman–Crippen LogP) is 3.66. The lowest BCUT2D eigenvalue weighted by atomic mass is 10.3. The first-order valence-electron chi connectivity index (χ1n) is 5.50. The SMILES string of the molecule is O=S(=O)(Nc1ccc(C(F)(F)F)nc1)c1ccc(Br)cc1. The first-order valence-corrected chi connectivity index (χ1v) is 7.78. The number of benzene rings is 1. The van der Waals surface area contributed by atoms with Crippen molar-refractivity contribution in [3.8, 4) is 0 Å². The van der Waals surface area contributed by atoms with Crippen LogP contribution in [0.5, 0.6) is 0 Å². The van der Waals surface area contributed by atoms with Crippen LogP contribution in [0.25, 0.3) is 0 Å². The van der Waals surface area contributed by atoms with E-state index < -0.39 is 21.9 Å². The molecule has 0 saturated carbocycles. The number of halogens is 4. The van der Waals surface area contributed by atoms with Gasteiger partial charge in [0.1, 0.15) is 5.69 Å². The largest absolute Gasteiger partial charge is 0.433 e. The second kappa shape index (κ2) is 5.64. The molecule has 9 heteroatoms. The van der Waals surface area contributed by atoms with E-state index in [1.165, 1.54) is 12.1 Å². The number of aromatic nitrogens is 1. The quantitative estimate of drug-likeness (QED) is 0.883. The van der Waals surface area contributed by atoms with Crippen LogP contribution in [0.1, 0.15) is 5.69 Å². The minimum atomic E-state index is -4.57. The molecule has 0 aliphatic heterocycles. The summed E-state index contributed by atoms with van der Waals surface area (Å²) >= 11 is 3.17. The van der Waals surface area contributed by atoms with Gasteiger partial charge >= 0.3 is 6.18 Å². The zero-order valence-corrected chi connectivity index (χ0v) is 12.6. The van der Waals surface area contributed by atoms with Crippen LogP contribution in [0.15, 0.2) is 52.0 Å². The Bertz CT molecular complexity index is 729. The molecule has 1 aromatic carbocycles. The fourth-order valence-corrected chi connectivity index (χ4v) is 2.76. The molecule has 0 spiro atoms. The van der Waals surface area contributed by atoms with Crippen molar-refractivity contribution in [2.45, 2.75) is 11.1 Å². The zero-order chi connectivity index (χ0) is 15.7. The van der Waals surface area contributed by atoms with Crippen LogP contribution >= 0.6 is 15.9 Å². The Morgan fingerprint density at radius 1 is 1.05 bits per heavy atom. The highest BCUT2D eigenvalue weighted by Crippen LogP contribution is 2.28. The van der Waals surface area contributed by atoms with Gasteiger partial charge in [-0.1, -0.05) is 15.9 Å². The smallest absolute Gasteiger partial charge is 0.278 e. The molecule has 0 bridgehead atoms. The third-order valence-corrected chi connectivity index (χ3v) is 4.36. The summed E-state index contributed by atoms with van der Waals surface area (Å²) < 4.78 is 64.0. The highest BCUT2D eigenvalue weighted by Gasteiger charge is 2.32. The van der Waals surface area contributed by atoms with Gasteiger partial charge < -0.3 is 0 Å². The Labute approximate surface area is 127 Å². The molecule has 1 aromatic heterocycles. The standard InChI is InChI=1S/C12H8BrF3N2O2S/c13-8-1-4-10(5-2-8)21(19,20)18-9-3-6-11(17-7-9)12(14,15)16/h1-7,18H. The van der Waals surface area contributed by atoms with E-state index in [4.69, 9.17) is 0 Å². The Morgan fingerprint density at radius 2 is 1.67 bits per heavy atom. The molecule has 0 saturated heterocycles. The molecule has 0 radical (unpaired) electrons. The number of anilines is 1. The summed E-state index contributed by atoms with van der Waals surface area (Å²) in [5, 5.41) is 0. The monoisotopic (exact) mass is 380 g/mol. The first kappa shape index (κ1) is 15.8. The summed E-state index contributed by atoms with van der Waals surface area (Å²) in [6.45, 7) is 0. The highest BCUT2D eigenvalue weighted by atomic mass is 79.9. The van der Waals surface area contributed by atoms with E-state index in [9.17, 15) is 21.6 Å². The van der Waals surface area contributed by atoms with Crippen LogP contribution in [0.4, 0.5) is 18.9 Å². The zero-order valence-electron chi connectivity index (χ0n) is 10.2. The molecule has 112 valence electrons. The van der Waals surface area contributed by atoms with Crippen LogP contribution in [0.2, 0.25) is 0 Å². The number of hydrogen-bond acceptors (Lipinski definition) is 3. The molecule has 0 aliphatic carbocycles. The molecule has 2 rings (SSSR count). The van der Waals surface area contributed by atoms with E-state index in [1.807, 2.05) is 0 Å². The van der Waals surface area contributed by atoms with Gasteiger partial charge in [0, 0.05) is 4.47 Å². The molecular formula is C12H8BrF3N2O2S. The van der Waals surface area contributed by atoms with Crippen LogP contribution < -0.4 is 4.72 Å². The lowest BCUT2D eigenvalue weighted by Gasteiger charge is -2.09. The average Bonchev–Trinajstić information content (AvgIpc) is 2.38. The molecule has 1 N–H and O–H groups in total. The van der Waals surface area contributed by atoms with Gasteiger partial charge in [-0.15, -0.1) is 0 Å². The number of nitrogens with one attached hydrogen (secondary N) is 1. The van der Waals surface area contributed by atoms with Crippen LogP contribution in [0.3, 0.4) is 0 Å². The second-order valence-electron chi connectivity index (χ2n) is 3.99. The van der Waals surface area contributed by atoms with E-state index >= 15 is 0 Å². The van der Waals surface area contributed by atoms with Crippen molar-refractivity contribution >= 4 is 31.6 Å². The summed E-state index contributed by atoms with van der Waals surface area (Å²) in [4.78, 5) is 3.17. The van der Waals surface area contributed by atoms with E-state index in [1.54, 1.807) is 12.1 Å². The van der Waals surface area contributed by atoms with Crippen molar-refractivity contribution in [3.05, 3.63) is 52.8 Å². The van der Waals surface area contributed by atoms with Crippen LogP contribution in [0, 0.1) is 0 Å². The molecule has 21 heavy (non-hydrogen) atoms. The molecule has 2 aromatic rings. The van der Waals surface area contributed by atoms with Crippen LogP contribution in [-0.4, -0.2) is 13.4 Å². The molecule has 0 unspecified atom stereocenters. The van der Waals surface area contributed by atoms with Gasteiger partial charge in [-0.2, -0.15) is 13.2 Å². The maximum Gasteiger partial charge on any atom is 0.433 e. The lowest BCUT2D eigenvalue weighted by Crippen LogP contribution is -2.14. The highest BCUT2D eigenvalue weighted by molar-refractivity contribution is 9.10. The number of sulfonamides is 1. The molecule has 0 atom stereocenters. The summed E-state index contributed by atoms with van der Waals surface area (Å²) in [6.07, 6.45) is -3.75. The lowest BCUT2D eigenvalue weighted by molar-refractivity contribution is -0.141. The fraction of sp³-hybridized carbons (Fsp3) is 0.0833. The minimum Gasteiger partial charge on any atom is -0.278 e. The van der Waals surface area contributed by atoms with Gasteiger partial charge in [0.2, 0.25) is 0 Å². The summed E-state index contributed by atoms with van der Waals surface area (Å²) in [7, 11) is -3.87. The fourth-order valence-electron chi connectivity index (χ4n) is 1.45. The maximum absolute atomic E-state index is 12.4. The molecule has 0 aliphatic rings.